The molecule has 5 heteroatoms. The van der Waals surface area contributed by atoms with Crippen molar-refractivity contribution >= 4 is 22.8 Å². The molecule has 0 aromatic carbocycles. The summed E-state index contributed by atoms with van der Waals surface area (Å²) >= 11 is 1.54. The smallest absolute Gasteiger partial charge is 0.356 e. The Morgan fingerprint density at radius 1 is 1.29 bits per heavy atom. The number of aromatic carboxylic acids is 1. The molecule has 3 aromatic rings. The van der Waals surface area contributed by atoms with Crippen LogP contribution in [0.2, 0.25) is 0 Å². The van der Waals surface area contributed by atoms with Gasteiger partial charge < -0.3 is 5.11 Å². The molecule has 4 nitrogen and oxygen atoms in total. The van der Waals surface area contributed by atoms with Crippen molar-refractivity contribution in [2.45, 2.75) is 0 Å². The summed E-state index contributed by atoms with van der Waals surface area (Å²) in [6, 6.07) is 9.27. The van der Waals surface area contributed by atoms with Gasteiger partial charge in [-0.05, 0) is 23.6 Å². The second-order valence-corrected chi connectivity index (χ2v) is 4.47. The number of imidazole rings is 1. The highest BCUT2D eigenvalue weighted by atomic mass is 32.1. The maximum Gasteiger partial charge on any atom is 0.356 e. The van der Waals surface area contributed by atoms with Crippen LogP contribution < -0.4 is 0 Å². The average Bonchev–Trinajstić information content (AvgIpc) is 2.95. The monoisotopic (exact) mass is 244 g/mol. The number of aromatic nitrogens is 2. The minimum atomic E-state index is -1.00. The third kappa shape index (κ3) is 1.52. The highest BCUT2D eigenvalue weighted by molar-refractivity contribution is 7.13. The predicted octanol–water partition coefficient (Wildman–Crippen LogP) is 2.76. The first kappa shape index (κ1) is 10.0. The molecule has 0 bridgehead atoms. The van der Waals surface area contributed by atoms with Crippen LogP contribution in [-0.4, -0.2) is 20.5 Å². The van der Waals surface area contributed by atoms with Gasteiger partial charge in [0.15, 0.2) is 11.5 Å². The standard InChI is InChI=1S/C12H8N2O2S/c15-12(16)10-8-4-1-2-6-14(8)11(13-10)9-5-3-7-17-9/h1-7H,(H,15,16). The van der Waals surface area contributed by atoms with Gasteiger partial charge in [-0.3, -0.25) is 4.40 Å². The highest BCUT2D eigenvalue weighted by Gasteiger charge is 2.17. The number of hydrogen-bond acceptors (Lipinski definition) is 3. The third-order valence-electron chi connectivity index (χ3n) is 2.49. The molecular formula is C12H8N2O2S. The number of carbonyl (C=O) groups is 1. The van der Waals surface area contributed by atoms with Gasteiger partial charge in [0.05, 0.1) is 10.4 Å². The van der Waals surface area contributed by atoms with Crippen molar-refractivity contribution in [1.29, 1.82) is 0 Å². The molecule has 0 saturated heterocycles. The summed E-state index contributed by atoms with van der Waals surface area (Å²) in [4.78, 5) is 16.3. The Kier molecular flexibility index (Phi) is 2.19. The van der Waals surface area contributed by atoms with Gasteiger partial charge in [0, 0.05) is 6.20 Å². The molecular weight excluding hydrogens is 236 g/mol. The zero-order chi connectivity index (χ0) is 11.8. The van der Waals surface area contributed by atoms with E-state index in [1.165, 1.54) is 11.3 Å². The van der Waals surface area contributed by atoms with Crippen molar-refractivity contribution in [3.63, 3.8) is 0 Å². The van der Waals surface area contributed by atoms with Gasteiger partial charge in [-0.25, -0.2) is 9.78 Å². The van der Waals surface area contributed by atoms with E-state index < -0.39 is 5.97 Å². The van der Waals surface area contributed by atoms with Crippen LogP contribution >= 0.6 is 11.3 Å². The SMILES string of the molecule is O=C(O)c1nc(-c2cccs2)n2ccccc12. The lowest BCUT2D eigenvalue weighted by Crippen LogP contribution is -1.96. The van der Waals surface area contributed by atoms with E-state index >= 15 is 0 Å². The van der Waals surface area contributed by atoms with E-state index in [0.29, 0.717) is 11.3 Å². The molecule has 0 aliphatic rings. The molecule has 0 amide bonds. The van der Waals surface area contributed by atoms with Crippen LogP contribution in [0.5, 0.6) is 0 Å². The number of carboxylic acid groups (broad SMARTS) is 1. The van der Waals surface area contributed by atoms with E-state index in [9.17, 15) is 4.79 Å². The Labute approximate surface area is 101 Å². The van der Waals surface area contributed by atoms with Crippen LogP contribution in [0.25, 0.3) is 16.2 Å². The lowest BCUT2D eigenvalue weighted by atomic mass is 10.3. The summed E-state index contributed by atoms with van der Waals surface area (Å²) in [6.07, 6.45) is 1.82. The van der Waals surface area contributed by atoms with E-state index in [0.717, 1.165) is 4.88 Å². The summed E-state index contributed by atoms with van der Waals surface area (Å²) in [6.45, 7) is 0. The molecule has 84 valence electrons. The van der Waals surface area contributed by atoms with Gasteiger partial charge in [-0.1, -0.05) is 12.1 Å². The normalized spacial score (nSPS) is 10.8. The third-order valence-corrected chi connectivity index (χ3v) is 3.36. The summed E-state index contributed by atoms with van der Waals surface area (Å²) in [7, 11) is 0. The lowest BCUT2D eigenvalue weighted by molar-refractivity contribution is 0.0693. The Bertz CT molecular complexity index is 686. The van der Waals surface area contributed by atoms with Crippen LogP contribution in [0.1, 0.15) is 10.5 Å². The number of rotatable bonds is 2. The van der Waals surface area contributed by atoms with Crippen LogP contribution in [0, 0.1) is 0 Å². The summed E-state index contributed by atoms with van der Waals surface area (Å²) in [5, 5.41) is 11.1. The number of fused-ring (bicyclic) bond motifs is 1. The second kappa shape index (κ2) is 3.71. The molecule has 0 radical (unpaired) electrons. The molecule has 0 saturated carbocycles. The largest absolute Gasteiger partial charge is 0.476 e. The van der Waals surface area contributed by atoms with Gasteiger partial charge in [0.1, 0.15) is 0 Å². The van der Waals surface area contributed by atoms with E-state index in [4.69, 9.17) is 5.11 Å². The molecule has 17 heavy (non-hydrogen) atoms. The first-order valence-corrected chi connectivity index (χ1v) is 5.89. The number of nitrogens with zero attached hydrogens (tertiary/aromatic N) is 2. The molecule has 0 fully saturated rings. The van der Waals surface area contributed by atoms with Crippen molar-refractivity contribution in [2.75, 3.05) is 0 Å². The van der Waals surface area contributed by atoms with E-state index in [1.54, 1.807) is 10.5 Å². The Morgan fingerprint density at radius 3 is 2.88 bits per heavy atom. The number of pyridine rings is 1. The summed E-state index contributed by atoms with van der Waals surface area (Å²) in [5.41, 5.74) is 0.706. The minimum Gasteiger partial charge on any atom is -0.476 e. The molecule has 0 aliphatic carbocycles. The van der Waals surface area contributed by atoms with Gasteiger partial charge in [0.2, 0.25) is 0 Å². The molecule has 3 heterocycles. The zero-order valence-corrected chi connectivity index (χ0v) is 9.52. The van der Waals surface area contributed by atoms with Gasteiger partial charge in [-0.15, -0.1) is 11.3 Å². The van der Waals surface area contributed by atoms with E-state index in [1.807, 2.05) is 35.8 Å². The quantitative estimate of drug-likeness (QED) is 0.754. The van der Waals surface area contributed by atoms with Gasteiger partial charge in [-0.2, -0.15) is 0 Å². The molecule has 3 rings (SSSR count). The summed E-state index contributed by atoms with van der Waals surface area (Å²) in [5.74, 6) is -0.329. The molecule has 0 unspecified atom stereocenters. The first-order valence-electron chi connectivity index (χ1n) is 5.01. The number of hydrogen-bond donors (Lipinski definition) is 1. The number of thiophene rings is 1. The van der Waals surface area contributed by atoms with Gasteiger partial charge >= 0.3 is 5.97 Å². The van der Waals surface area contributed by atoms with Crippen LogP contribution in [0.3, 0.4) is 0 Å². The minimum absolute atomic E-state index is 0.0917. The molecule has 1 N–H and O–H groups in total. The van der Waals surface area contributed by atoms with Crippen molar-refractivity contribution < 1.29 is 9.90 Å². The van der Waals surface area contributed by atoms with Crippen LogP contribution in [-0.2, 0) is 0 Å². The number of carboxylic acids is 1. The maximum atomic E-state index is 11.1. The molecule has 0 atom stereocenters. The van der Waals surface area contributed by atoms with Crippen LogP contribution in [0.15, 0.2) is 41.9 Å². The molecule has 0 aliphatic heterocycles. The fourth-order valence-electron chi connectivity index (χ4n) is 1.77. The lowest BCUT2D eigenvalue weighted by Gasteiger charge is -1.96. The Hall–Kier alpha value is -2.14. The van der Waals surface area contributed by atoms with E-state index in [2.05, 4.69) is 4.98 Å². The first-order chi connectivity index (χ1) is 8.27. The van der Waals surface area contributed by atoms with Crippen molar-refractivity contribution in [3.8, 4) is 10.7 Å². The van der Waals surface area contributed by atoms with Crippen molar-refractivity contribution in [1.82, 2.24) is 9.38 Å². The highest BCUT2D eigenvalue weighted by Crippen LogP contribution is 2.26. The van der Waals surface area contributed by atoms with E-state index in [-0.39, 0.29) is 5.69 Å². The predicted molar refractivity (Wildman–Crippen MR) is 65.5 cm³/mol. The van der Waals surface area contributed by atoms with Crippen LogP contribution in [0.4, 0.5) is 0 Å². The zero-order valence-electron chi connectivity index (χ0n) is 8.70. The average molecular weight is 244 g/mol. The summed E-state index contributed by atoms with van der Waals surface area (Å²) < 4.78 is 1.80. The van der Waals surface area contributed by atoms with Gasteiger partial charge in [0.25, 0.3) is 0 Å². The fraction of sp³-hybridized carbons (Fsp3) is 0. The van der Waals surface area contributed by atoms with Crippen molar-refractivity contribution in [3.05, 3.63) is 47.6 Å². The van der Waals surface area contributed by atoms with Crippen molar-refractivity contribution in [2.24, 2.45) is 0 Å². The maximum absolute atomic E-state index is 11.1. The Morgan fingerprint density at radius 2 is 2.18 bits per heavy atom. The second-order valence-electron chi connectivity index (χ2n) is 3.52. The molecule has 0 spiro atoms. The Balaban J connectivity index is 2.37. The fourth-order valence-corrected chi connectivity index (χ4v) is 2.49. The topological polar surface area (TPSA) is 54.6 Å². The molecule has 3 aromatic heterocycles.